The summed E-state index contributed by atoms with van der Waals surface area (Å²) < 4.78 is 5.87. The summed E-state index contributed by atoms with van der Waals surface area (Å²) in [6.07, 6.45) is 1.72. The summed E-state index contributed by atoms with van der Waals surface area (Å²) >= 11 is 9.68. The van der Waals surface area contributed by atoms with E-state index in [4.69, 9.17) is 16.3 Å². The van der Waals surface area contributed by atoms with E-state index in [2.05, 4.69) is 15.9 Å². The predicted octanol–water partition coefficient (Wildman–Crippen LogP) is 4.97. The number of carbonyl (C=O) groups excluding carboxylic acids is 1. The molecule has 0 spiro atoms. The van der Waals surface area contributed by atoms with Crippen LogP contribution in [0.1, 0.15) is 18.4 Å². The highest BCUT2D eigenvalue weighted by molar-refractivity contribution is 9.10. The van der Waals surface area contributed by atoms with Gasteiger partial charge in [0.1, 0.15) is 0 Å². The molecule has 0 saturated heterocycles. The van der Waals surface area contributed by atoms with Crippen LogP contribution in [-0.2, 0) is 14.9 Å². The van der Waals surface area contributed by atoms with Crippen LogP contribution in [0, 0.1) is 0 Å². The smallest absolute Gasteiger partial charge is 0.316 e. The van der Waals surface area contributed by atoms with Crippen molar-refractivity contribution in [1.29, 1.82) is 0 Å². The van der Waals surface area contributed by atoms with Crippen molar-refractivity contribution in [3.63, 3.8) is 0 Å². The van der Waals surface area contributed by atoms with Crippen LogP contribution in [-0.4, -0.2) is 13.1 Å². The standard InChI is InChI=1S/C17H14BrClO2/c1-21-16(20)17(8-9-17)12-4-2-11(3-5-12)14-7-6-13(18)10-15(14)19/h2-7,10H,8-9H2,1H3. The first-order chi connectivity index (χ1) is 10.1. The Kier molecular flexibility index (Phi) is 3.80. The fourth-order valence-corrected chi connectivity index (χ4v) is 3.41. The van der Waals surface area contributed by atoms with Crippen molar-refractivity contribution >= 4 is 33.5 Å². The molecule has 2 aromatic rings. The van der Waals surface area contributed by atoms with E-state index in [1.807, 2.05) is 42.5 Å². The van der Waals surface area contributed by atoms with Crippen LogP contribution in [0.25, 0.3) is 11.1 Å². The average Bonchev–Trinajstić information content (AvgIpc) is 3.28. The second-order valence-electron chi connectivity index (χ2n) is 5.28. The van der Waals surface area contributed by atoms with Gasteiger partial charge in [0.2, 0.25) is 0 Å². The quantitative estimate of drug-likeness (QED) is 0.718. The third kappa shape index (κ3) is 2.60. The van der Waals surface area contributed by atoms with Crippen LogP contribution in [0.4, 0.5) is 0 Å². The van der Waals surface area contributed by atoms with E-state index in [0.717, 1.165) is 34.0 Å². The molecule has 0 heterocycles. The zero-order valence-corrected chi connectivity index (χ0v) is 13.9. The second kappa shape index (κ2) is 5.47. The lowest BCUT2D eigenvalue weighted by atomic mass is 9.94. The normalized spacial score (nSPS) is 15.6. The minimum absolute atomic E-state index is 0.142. The first kappa shape index (κ1) is 14.6. The molecule has 0 aliphatic heterocycles. The number of carbonyl (C=O) groups is 1. The molecular formula is C17H14BrClO2. The third-order valence-electron chi connectivity index (χ3n) is 4.01. The van der Waals surface area contributed by atoms with E-state index in [1.165, 1.54) is 7.11 Å². The van der Waals surface area contributed by atoms with Crippen LogP contribution < -0.4 is 0 Å². The summed E-state index contributed by atoms with van der Waals surface area (Å²) in [5.41, 5.74) is 2.62. The van der Waals surface area contributed by atoms with Gasteiger partial charge in [-0.05, 0) is 36.1 Å². The van der Waals surface area contributed by atoms with Gasteiger partial charge in [-0.2, -0.15) is 0 Å². The number of methoxy groups -OCH3 is 1. The predicted molar refractivity (Wildman–Crippen MR) is 87.5 cm³/mol. The van der Waals surface area contributed by atoms with Crippen molar-refractivity contribution < 1.29 is 9.53 Å². The van der Waals surface area contributed by atoms with Crippen LogP contribution in [0.15, 0.2) is 46.9 Å². The Hall–Kier alpha value is -1.32. The Morgan fingerprint density at radius 3 is 2.38 bits per heavy atom. The molecule has 2 nitrogen and oxygen atoms in total. The maximum atomic E-state index is 11.9. The van der Waals surface area contributed by atoms with Gasteiger partial charge in [0.25, 0.3) is 0 Å². The van der Waals surface area contributed by atoms with Gasteiger partial charge < -0.3 is 4.74 Å². The summed E-state index contributed by atoms with van der Waals surface area (Å²) in [6, 6.07) is 13.8. The number of esters is 1. The SMILES string of the molecule is COC(=O)C1(c2ccc(-c3ccc(Br)cc3Cl)cc2)CC1. The summed E-state index contributed by atoms with van der Waals surface area (Å²) in [4.78, 5) is 11.9. The zero-order chi connectivity index (χ0) is 15.0. The van der Waals surface area contributed by atoms with Crippen LogP contribution in [0.5, 0.6) is 0 Å². The molecule has 2 aromatic carbocycles. The summed E-state index contributed by atoms with van der Waals surface area (Å²) in [7, 11) is 1.44. The third-order valence-corrected chi connectivity index (χ3v) is 4.81. The Balaban J connectivity index is 1.93. The van der Waals surface area contributed by atoms with Crippen molar-refractivity contribution in [2.75, 3.05) is 7.11 Å². The van der Waals surface area contributed by atoms with Crippen LogP contribution in [0.3, 0.4) is 0 Å². The minimum Gasteiger partial charge on any atom is -0.468 e. The van der Waals surface area contributed by atoms with E-state index in [1.54, 1.807) is 0 Å². The topological polar surface area (TPSA) is 26.3 Å². The first-order valence-corrected chi connectivity index (χ1v) is 7.88. The highest BCUT2D eigenvalue weighted by atomic mass is 79.9. The lowest BCUT2D eigenvalue weighted by Crippen LogP contribution is -2.21. The fourth-order valence-electron chi connectivity index (χ4n) is 2.62. The van der Waals surface area contributed by atoms with Crippen molar-refractivity contribution in [2.24, 2.45) is 0 Å². The minimum atomic E-state index is -0.420. The Morgan fingerprint density at radius 1 is 1.19 bits per heavy atom. The highest BCUT2D eigenvalue weighted by Gasteiger charge is 2.52. The number of ether oxygens (including phenoxy) is 1. The second-order valence-corrected chi connectivity index (χ2v) is 6.60. The number of hydrogen-bond donors (Lipinski definition) is 0. The summed E-state index contributed by atoms with van der Waals surface area (Å²) in [5.74, 6) is -0.142. The molecule has 0 N–H and O–H groups in total. The molecule has 0 bridgehead atoms. The molecule has 0 amide bonds. The molecule has 0 unspecified atom stereocenters. The van der Waals surface area contributed by atoms with Gasteiger partial charge in [-0.1, -0.05) is 57.9 Å². The van der Waals surface area contributed by atoms with E-state index >= 15 is 0 Å². The van der Waals surface area contributed by atoms with E-state index in [9.17, 15) is 4.79 Å². The van der Waals surface area contributed by atoms with E-state index in [-0.39, 0.29) is 5.97 Å². The molecule has 0 aromatic heterocycles. The van der Waals surface area contributed by atoms with Crippen molar-refractivity contribution in [3.05, 3.63) is 57.5 Å². The van der Waals surface area contributed by atoms with E-state index in [0.29, 0.717) is 5.02 Å². The molecule has 3 rings (SSSR count). The average molecular weight is 366 g/mol. The van der Waals surface area contributed by atoms with Crippen LogP contribution >= 0.6 is 27.5 Å². The molecular weight excluding hydrogens is 352 g/mol. The lowest BCUT2D eigenvalue weighted by molar-refractivity contribution is -0.143. The molecule has 108 valence electrons. The maximum Gasteiger partial charge on any atom is 0.316 e. The maximum absolute atomic E-state index is 11.9. The van der Waals surface area contributed by atoms with Gasteiger partial charge in [0.15, 0.2) is 0 Å². The lowest BCUT2D eigenvalue weighted by Gasteiger charge is -2.14. The monoisotopic (exact) mass is 364 g/mol. The van der Waals surface area contributed by atoms with Gasteiger partial charge in [0, 0.05) is 15.1 Å². The summed E-state index contributed by atoms with van der Waals surface area (Å²) in [6.45, 7) is 0. The van der Waals surface area contributed by atoms with E-state index < -0.39 is 5.41 Å². The van der Waals surface area contributed by atoms with Crippen molar-refractivity contribution in [1.82, 2.24) is 0 Å². The fraction of sp³-hybridized carbons (Fsp3) is 0.235. The molecule has 0 radical (unpaired) electrons. The highest BCUT2D eigenvalue weighted by Crippen LogP contribution is 2.49. The van der Waals surface area contributed by atoms with Gasteiger partial charge >= 0.3 is 5.97 Å². The van der Waals surface area contributed by atoms with Gasteiger partial charge in [-0.25, -0.2) is 0 Å². The first-order valence-electron chi connectivity index (χ1n) is 6.71. The summed E-state index contributed by atoms with van der Waals surface area (Å²) in [5, 5.41) is 0.700. The zero-order valence-electron chi connectivity index (χ0n) is 11.5. The molecule has 0 atom stereocenters. The van der Waals surface area contributed by atoms with Gasteiger partial charge in [-0.15, -0.1) is 0 Å². The number of benzene rings is 2. The van der Waals surface area contributed by atoms with Crippen molar-refractivity contribution in [3.8, 4) is 11.1 Å². The molecule has 1 aliphatic carbocycles. The molecule has 1 aliphatic rings. The van der Waals surface area contributed by atoms with Crippen LogP contribution in [0.2, 0.25) is 5.02 Å². The Labute approximate surface area is 137 Å². The van der Waals surface area contributed by atoms with Gasteiger partial charge in [0.05, 0.1) is 12.5 Å². The molecule has 21 heavy (non-hydrogen) atoms. The number of rotatable bonds is 3. The van der Waals surface area contributed by atoms with Gasteiger partial charge in [-0.3, -0.25) is 4.79 Å². The Bertz CT molecular complexity index is 690. The molecule has 4 heteroatoms. The Morgan fingerprint density at radius 2 is 1.86 bits per heavy atom. The molecule has 1 fully saturated rings. The number of halogens is 2. The molecule has 1 saturated carbocycles. The number of hydrogen-bond acceptors (Lipinski definition) is 2. The largest absolute Gasteiger partial charge is 0.468 e. The van der Waals surface area contributed by atoms with Crippen molar-refractivity contribution in [2.45, 2.75) is 18.3 Å².